The summed E-state index contributed by atoms with van der Waals surface area (Å²) < 4.78 is 11.0. The maximum atomic E-state index is 9.34. The van der Waals surface area contributed by atoms with Crippen molar-refractivity contribution in [3.05, 3.63) is 59.1 Å². The van der Waals surface area contributed by atoms with Crippen molar-refractivity contribution in [3.8, 4) is 17.6 Å². The van der Waals surface area contributed by atoms with E-state index in [0.717, 1.165) is 17.1 Å². The van der Waals surface area contributed by atoms with Crippen LogP contribution in [0.3, 0.4) is 0 Å². The third kappa shape index (κ3) is 4.68. The normalized spacial score (nSPS) is 11.5. The molecule has 3 nitrogen and oxygen atoms in total. The smallest absolute Gasteiger partial charge is 0.120 e. The second-order valence-electron chi connectivity index (χ2n) is 4.78. The summed E-state index contributed by atoms with van der Waals surface area (Å²) in [6.07, 6.45) is 0.622. The highest BCUT2D eigenvalue weighted by Crippen LogP contribution is 2.23. The van der Waals surface area contributed by atoms with Crippen molar-refractivity contribution < 1.29 is 9.47 Å². The fourth-order valence-electron chi connectivity index (χ4n) is 2.12. The van der Waals surface area contributed by atoms with Crippen LogP contribution in [-0.4, -0.2) is 13.2 Å². The largest absolute Gasteiger partial charge is 0.494 e. The van der Waals surface area contributed by atoms with E-state index in [1.54, 1.807) is 12.1 Å². The molecular weight excluding hydrogens is 298 g/mol. The second-order valence-corrected chi connectivity index (χ2v) is 5.21. The molecule has 0 heterocycles. The average molecular weight is 316 g/mol. The summed E-state index contributed by atoms with van der Waals surface area (Å²) in [5.41, 5.74) is 0.973. The molecule has 2 aromatic rings. The van der Waals surface area contributed by atoms with Crippen LogP contribution in [0.15, 0.2) is 48.5 Å². The van der Waals surface area contributed by atoms with Gasteiger partial charge in [0.2, 0.25) is 0 Å². The van der Waals surface area contributed by atoms with Crippen molar-refractivity contribution in [2.75, 3.05) is 13.2 Å². The van der Waals surface area contributed by atoms with Gasteiger partial charge in [-0.05, 0) is 42.8 Å². The van der Waals surface area contributed by atoms with Crippen molar-refractivity contribution in [1.82, 2.24) is 0 Å². The standard InChI is InChI=1S/C18H18ClNO2/c1-2-21-17-8-6-14(7-9-17)15(13-20)10-11-22-18-5-3-4-16(19)12-18/h3-9,12,15H,2,10-11H2,1H3. The Hall–Kier alpha value is -2.18. The van der Waals surface area contributed by atoms with E-state index in [2.05, 4.69) is 6.07 Å². The van der Waals surface area contributed by atoms with E-state index in [1.807, 2.05) is 43.3 Å². The summed E-state index contributed by atoms with van der Waals surface area (Å²) in [7, 11) is 0. The maximum absolute atomic E-state index is 9.34. The number of hydrogen-bond donors (Lipinski definition) is 0. The number of hydrogen-bond acceptors (Lipinski definition) is 3. The molecule has 0 radical (unpaired) electrons. The first-order valence-corrected chi connectivity index (χ1v) is 7.61. The molecule has 2 rings (SSSR count). The lowest BCUT2D eigenvalue weighted by atomic mass is 9.97. The first-order chi connectivity index (χ1) is 10.7. The van der Waals surface area contributed by atoms with Gasteiger partial charge in [0, 0.05) is 11.4 Å². The van der Waals surface area contributed by atoms with Crippen molar-refractivity contribution in [2.45, 2.75) is 19.3 Å². The number of nitrogens with zero attached hydrogens (tertiary/aromatic N) is 1. The van der Waals surface area contributed by atoms with Crippen molar-refractivity contribution >= 4 is 11.6 Å². The van der Waals surface area contributed by atoms with Gasteiger partial charge >= 0.3 is 0 Å². The lowest BCUT2D eigenvalue weighted by Gasteiger charge is -2.12. The quantitative estimate of drug-likeness (QED) is 0.736. The molecule has 0 aliphatic rings. The van der Waals surface area contributed by atoms with Gasteiger partial charge in [0.25, 0.3) is 0 Å². The fraction of sp³-hybridized carbons (Fsp3) is 0.278. The van der Waals surface area contributed by atoms with Crippen LogP contribution in [0.25, 0.3) is 0 Å². The Balaban J connectivity index is 1.90. The van der Waals surface area contributed by atoms with Crippen LogP contribution in [0.1, 0.15) is 24.8 Å². The van der Waals surface area contributed by atoms with Crippen LogP contribution in [0, 0.1) is 11.3 Å². The van der Waals surface area contributed by atoms with E-state index in [-0.39, 0.29) is 5.92 Å². The molecule has 0 aromatic heterocycles. The number of halogens is 1. The Bertz CT molecular complexity index is 634. The van der Waals surface area contributed by atoms with Crippen LogP contribution < -0.4 is 9.47 Å². The third-order valence-corrected chi connectivity index (χ3v) is 3.46. The van der Waals surface area contributed by atoms with E-state index in [4.69, 9.17) is 21.1 Å². The van der Waals surface area contributed by atoms with E-state index in [9.17, 15) is 5.26 Å². The Kier molecular flexibility index (Phi) is 6.12. The van der Waals surface area contributed by atoms with Gasteiger partial charge in [-0.15, -0.1) is 0 Å². The molecule has 0 saturated carbocycles. The van der Waals surface area contributed by atoms with Crippen molar-refractivity contribution in [2.24, 2.45) is 0 Å². The summed E-state index contributed by atoms with van der Waals surface area (Å²) in [6, 6.07) is 17.2. The monoisotopic (exact) mass is 315 g/mol. The van der Waals surface area contributed by atoms with Crippen molar-refractivity contribution in [3.63, 3.8) is 0 Å². The Morgan fingerprint density at radius 2 is 1.86 bits per heavy atom. The predicted octanol–water partition coefficient (Wildman–Crippen LogP) is 4.81. The molecule has 0 amide bonds. The summed E-state index contributed by atoms with van der Waals surface area (Å²) in [4.78, 5) is 0. The SMILES string of the molecule is CCOc1ccc(C(C#N)CCOc2cccc(Cl)c2)cc1. The zero-order valence-electron chi connectivity index (χ0n) is 12.5. The molecule has 0 spiro atoms. The van der Waals surface area contributed by atoms with E-state index in [0.29, 0.717) is 24.7 Å². The number of ether oxygens (including phenoxy) is 2. The van der Waals surface area contributed by atoms with E-state index < -0.39 is 0 Å². The molecule has 1 atom stereocenters. The van der Waals surface area contributed by atoms with Gasteiger partial charge in [0.05, 0.1) is 25.2 Å². The zero-order valence-corrected chi connectivity index (χ0v) is 13.2. The van der Waals surface area contributed by atoms with Gasteiger partial charge in [-0.25, -0.2) is 0 Å². The highest BCUT2D eigenvalue weighted by Gasteiger charge is 2.11. The zero-order chi connectivity index (χ0) is 15.8. The van der Waals surface area contributed by atoms with Crippen LogP contribution in [0.4, 0.5) is 0 Å². The second kappa shape index (κ2) is 8.31. The van der Waals surface area contributed by atoms with Gasteiger partial charge < -0.3 is 9.47 Å². The van der Waals surface area contributed by atoms with Crippen LogP contribution in [0.2, 0.25) is 5.02 Å². The molecule has 0 fully saturated rings. The van der Waals surface area contributed by atoms with Gasteiger partial charge in [-0.3, -0.25) is 0 Å². The highest BCUT2D eigenvalue weighted by atomic mass is 35.5. The molecule has 4 heteroatoms. The summed E-state index contributed by atoms with van der Waals surface area (Å²) in [6.45, 7) is 3.04. The minimum absolute atomic E-state index is 0.199. The van der Waals surface area contributed by atoms with Gasteiger partial charge in [0.1, 0.15) is 11.5 Å². The third-order valence-electron chi connectivity index (χ3n) is 3.22. The fourth-order valence-corrected chi connectivity index (χ4v) is 2.30. The van der Waals surface area contributed by atoms with Crippen LogP contribution in [-0.2, 0) is 0 Å². The lowest BCUT2D eigenvalue weighted by molar-refractivity contribution is 0.306. The molecule has 0 saturated heterocycles. The lowest BCUT2D eigenvalue weighted by Crippen LogP contribution is -2.04. The molecule has 1 unspecified atom stereocenters. The Labute approximate surface area is 136 Å². The average Bonchev–Trinajstić information content (AvgIpc) is 2.53. The molecule has 0 N–H and O–H groups in total. The first-order valence-electron chi connectivity index (χ1n) is 7.23. The molecule has 22 heavy (non-hydrogen) atoms. The number of benzene rings is 2. The molecule has 114 valence electrons. The number of nitriles is 1. The van der Waals surface area contributed by atoms with E-state index >= 15 is 0 Å². The predicted molar refractivity (Wildman–Crippen MR) is 87.5 cm³/mol. The summed E-state index contributed by atoms with van der Waals surface area (Å²) in [5, 5.41) is 9.98. The minimum atomic E-state index is -0.199. The molecular formula is C18H18ClNO2. The van der Waals surface area contributed by atoms with Gasteiger partial charge in [0.15, 0.2) is 0 Å². The highest BCUT2D eigenvalue weighted by molar-refractivity contribution is 6.30. The summed E-state index contributed by atoms with van der Waals surface area (Å²) in [5.74, 6) is 1.34. The Morgan fingerprint density at radius 1 is 1.09 bits per heavy atom. The topological polar surface area (TPSA) is 42.2 Å². The van der Waals surface area contributed by atoms with Crippen molar-refractivity contribution in [1.29, 1.82) is 5.26 Å². The molecule has 0 aliphatic heterocycles. The Morgan fingerprint density at radius 3 is 2.50 bits per heavy atom. The number of rotatable bonds is 7. The molecule has 2 aromatic carbocycles. The molecule has 0 aliphatic carbocycles. The molecule has 0 bridgehead atoms. The van der Waals surface area contributed by atoms with Crippen LogP contribution >= 0.6 is 11.6 Å². The van der Waals surface area contributed by atoms with Gasteiger partial charge in [-0.2, -0.15) is 5.26 Å². The first kappa shape index (κ1) is 16.2. The van der Waals surface area contributed by atoms with E-state index in [1.165, 1.54) is 0 Å². The maximum Gasteiger partial charge on any atom is 0.120 e. The summed E-state index contributed by atoms with van der Waals surface area (Å²) >= 11 is 5.91. The minimum Gasteiger partial charge on any atom is -0.494 e. The van der Waals surface area contributed by atoms with Gasteiger partial charge in [-0.1, -0.05) is 29.8 Å². The van der Waals surface area contributed by atoms with Crippen LogP contribution in [0.5, 0.6) is 11.5 Å².